The van der Waals surface area contributed by atoms with Gasteiger partial charge in [-0.1, -0.05) is 12.8 Å². The molecule has 2 fully saturated rings. The highest BCUT2D eigenvalue weighted by atomic mass is 19.4. The smallest absolute Gasteiger partial charge is 0.421 e. The average Bonchev–Trinajstić information content (AvgIpc) is 2.85. The van der Waals surface area contributed by atoms with E-state index in [1.54, 1.807) is 29.2 Å². The molecule has 1 saturated carbocycles. The molecule has 2 aliphatic rings. The number of likely N-dealkylation sites (N-methyl/N-ethyl adjacent to an activating group) is 1. The maximum atomic E-state index is 13.7. The van der Waals surface area contributed by atoms with E-state index in [0.29, 0.717) is 43.4 Å². The minimum absolute atomic E-state index is 0.0628. The molecule has 4 rings (SSSR count). The van der Waals surface area contributed by atoms with Gasteiger partial charge in [0.1, 0.15) is 11.4 Å². The second-order valence-electron chi connectivity index (χ2n) is 9.34. The number of carbonyl (C=O) groups excluding carboxylic acids is 1. The zero-order chi connectivity index (χ0) is 26.6. The first-order chi connectivity index (χ1) is 17.6. The van der Waals surface area contributed by atoms with Crippen LogP contribution in [-0.4, -0.2) is 82.2 Å². The molecule has 1 aromatic carbocycles. The van der Waals surface area contributed by atoms with E-state index < -0.39 is 35.7 Å². The van der Waals surface area contributed by atoms with E-state index in [1.807, 2.05) is 7.05 Å². The van der Waals surface area contributed by atoms with Gasteiger partial charge in [-0.05, 0) is 44.2 Å². The molecule has 0 spiro atoms. The van der Waals surface area contributed by atoms with Crippen molar-refractivity contribution in [1.82, 2.24) is 25.1 Å². The number of aromatic nitrogens is 2. The molecule has 1 aliphatic heterocycles. The summed E-state index contributed by atoms with van der Waals surface area (Å²) in [7, 11) is 2.01. The Kier molecular flexibility index (Phi) is 8.00. The van der Waals surface area contributed by atoms with Gasteiger partial charge < -0.3 is 30.9 Å². The van der Waals surface area contributed by atoms with Crippen molar-refractivity contribution in [2.24, 2.45) is 0 Å². The third-order valence-corrected chi connectivity index (χ3v) is 6.67. The Hall–Kier alpha value is -3.61. The molecular formula is C24H30F3N7O3. The number of nitrogens with zero attached hydrogens (tertiary/aromatic N) is 4. The summed E-state index contributed by atoms with van der Waals surface area (Å²) in [6, 6.07) is 5.50. The number of benzene rings is 1. The predicted octanol–water partition coefficient (Wildman–Crippen LogP) is 3.62. The second-order valence-corrected chi connectivity index (χ2v) is 9.34. The molecule has 1 aliphatic carbocycles. The van der Waals surface area contributed by atoms with Crippen molar-refractivity contribution in [3.8, 4) is 0 Å². The Labute approximate surface area is 212 Å². The lowest BCUT2D eigenvalue weighted by Crippen LogP contribution is -2.48. The van der Waals surface area contributed by atoms with Gasteiger partial charge in [0.2, 0.25) is 5.95 Å². The SMILES string of the molecule is CN1CCN(C(=O)c2ccc(Nc3ncc(C(F)(F)F)c(N[C@@H]4CCCC[C@@H]4NC(=O)O)n3)cc2)CC1. The number of alkyl halides is 3. The van der Waals surface area contributed by atoms with E-state index in [4.69, 9.17) is 5.11 Å². The number of amides is 2. The molecule has 1 aromatic heterocycles. The van der Waals surface area contributed by atoms with E-state index in [-0.39, 0.29) is 11.9 Å². The van der Waals surface area contributed by atoms with Crippen LogP contribution in [0.4, 0.5) is 35.4 Å². The fourth-order valence-electron chi connectivity index (χ4n) is 4.59. The van der Waals surface area contributed by atoms with Gasteiger partial charge in [-0.2, -0.15) is 18.2 Å². The first-order valence-corrected chi connectivity index (χ1v) is 12.2. The van der Waals surface area contributed by atoms with Crippen LogP contribution in [0.5, 0.6) is 0 Å². The highest BCUT2D eigenvalue weighted by Crippen LogP contribution is 2.35. The lowest BCUT2D eigenvalue weighted by Gasteiger charge is -2.33. The molecule has 1 saturated heterocycles. The molecule has 2 amide bonds. The Morgan fingerprint density at radius 1 is 1.03 bits per heavy atom. The molecule has 4 N–H and O–H groups in total. The molecule has 10 nitrogen and oxygen atoms in total. The van der Waals surface area contributed by atoms with Crippen LogP contribution >= 0.6 is 0 Å². The average molecular weight is 522 g/mol. The molecule has 2 atom stereocenters. The summed E-state index contributed by atoms with van der Waals surface area (Å²) in [5.41, 5.74) is -0.0189. The number of nitrogens with one attached hydrogen (secondary N) is 3. The third-order valence-electron chi connectivity index (χ3n) is 6.67. The number of anilines is 3. The first kappa shape index (κ1) is 26.5. The summed E-state index contributed by atoms with van der Waals surface area (Å²) < 4.78 is 41.0. The molecule has 200 valence electrons. The van der Waals surface area contributed by atoms with Gasteiger partial charge in [0.25, 0.3) is 5.91 Å². The molecule has 13 heteroatoms. The lowest BCUT2D eigenvalue weighted by molar-refractivity contribution is -0.137. The van der Waals surface area contributed by atoms with Crippen LogP contribution in [0.2, 0.25) is 0 Å². The monoisotopic (exact) mass is 521 g/mol. The molecule has 0 radical (unpaired) electrons. The number of carboxylic acid groups (broad SMARTS) is 1. The van der Waals surface area contributed by atoms with Crippen molar-refractivity contribution in [2.75, 3.05) is 43.9 Å². The number of piperazine rings is 1. The van der Waals surface area contributed by atoms with Crippen LogP contribution in [0.1, 0.15) is 41.6 Å². The summed E-state index contributed by atoms with van der Waals surface area (Å²) in [5, 5.41) is 17.2. The molecular weight excluding hydrogens is 491 g/mol. The van der Waals surface area contributed by atoms with Crippen molar-refractivity contribution >= 4 is 29.5 Å². The molecule has 2 aromatic rings. The molecule has 0 bridgehead atoms. The summed E-state index contributed by atoms with van der Waals surface area (Å²) in [5.74, 6) is -0.558. The topological polar surface area (TPSA) is 123 Å². The Morgan fingerprint density at radius 3 is 2.30 bits per heavy atom. The van der Waals surface area contributed by atoms with Crippen molar-refractivity contribution < 1.29 is 27.9 Å². The van der Waals surface area contributed by atoms with Crippen molar-refractivity contribution in [2.45, 2.75) is 43.9 Å². The van der Waals surface area contributed by atoms with Gasteiger partial charge in [0.15, 0.2) is 0 Å². The van der Waals surface area contributed by atoms with E-state index in [9.17, 15) is 22.8 Å². The van der Waals surface area contributed by atoms with Gasteiger partial charge in [-0.3, -0.25) is 4.79 Å². The highest BCUT2D eigenvalue weighted by Gasteiger charge is 2.37. The fourth-order valence-corrected chi connectivity index (χ4v) is 4.59. The van der Waals surface area contributed by atoms with Crippen molar-refractivity contribution in [3.63, 3.8) is 0 Å². The first-order valence-electron chi connectivity index (χ1n) is 12.2. The van der Waals surface area contributed by atoms with Crippen molar-refractivity contribution in [3.05, 3.63) is 41.6 Å². The maximum absolute atomic E-state index is 13.7. The van der Waals surface area contributed by atoms with Crippen LogP contribution in [0, 0.1) is 0 Å². The van der Waals surface area contributed by atoms with Crippen LogP contribution < -0.4 is 16.0 Å². The zero-order valence-electron chi connectivity index (χ0n) is 20.4. The van der Waals surface area contributed by atoms with E-state index in [0.717, 1.165) is 25.9 Å². The Bertz CT molecular complexity index is 1110. The fraction of sp³-hybridized carbons (Fsp3) is 0.500. The molecule has 2 heterocycles. The Balaban J connectivity index is 1.49. The third kappa shape index (κ3) is 6.79. The minimum atomic E-state index is -4.70. The van der Waals surface area contributed by atoms with E-state index >= 15 is 0 Å². The van der Waals surface area contributed by atoms with Crippen LogP contribution in [0.25, 0.3) is 0 Å². The summed E-state index contributed by atoms with van der Waals surface area (Å²) in [6.45, 7) is 2.91. The number of carbonyl (C=O) groups is 2. The highest BCUT2D eigenvalue weighted by molar-refractivity contribution is 5.94. The number of halogens is 3. The van der Waals surface area contributed by atoms with E-state index in [1.165, 1.54) is 0 Å². The minimum Gasteiger partial charge on any atom is -0.465 e. The number of rotatable bonds is 6. The Morgan fingerprint density at radius 2 is 1.68 bits per heavy atom. The second kappa shape index (κ2) is 11.2. The molecule has 0 unspecified atom stereocenters. The van der Waals surface area contributed by atoms with Crippen LogP contribution in [0.3, 0.4) is 0 Å². The molecule has 37 heavy (non-hydrogen) atoms. The lowest BCUT2D eigenvalue weighted by atomic mass is 9.90. The normalized spacial score (nSPS) is 20.8. The number of hydrogen-bond acceptors (Lipinski definition) is 7. The summed E-state index contributed by atoms with van der Waals surface area (Å²) in [4.78, 5) is 35.7. The standard InChI is InChI=1S/C24H30F3N7O3/c1-33-10-12-34(13-11-33)21(35)15-6-8-16(9-7-15)29-22-28-14-17(24(25,26)27)20(32-22)30-18-4-2-3-5-19(18)31-23(36)37/h6-9,14,18-19,31H,2-5,10-13H2,1H3,(H,36,37)(H2,28,29,30,32)/t18-,19+/m1/s1. The van der Waals surface area contributed by atoms with Gasteiger partial charge >= 0.3 is 12.3 Å². The van der Waals surface area contributed by atoms with Gasteiger partial charge in [0, 0.05) is 49.7 Å². The van der Waals surface area contributed by atoms with Gasteiger partial charge in [0.05, 0.1) is 6.04 Å². The largest absolute Gasteiger partial charge is 0.465 e. The van der Waals surface area contributed by atoms with Crippen LogP contribution in [-0.2, 0) is 6.18 Å². The van der Waals surface area contributed by atoms with E-state index in [2.05, 4.69) is 30.8 Å². The maximum Gasteiger partial charge on any atom is 0.421 e. The quantitative estimate of drug-likeness (QED) is 0.455. The van der Waals surface area contributed by atoms with Crippen LogP contribution in [0.15, 0.2) is 30.5 Å². The van der Waals surface area contributed by atoms with Gasteiger partial charge in [-0.25, -0.2) is 9.78 Å². The zero-order valence-corrected chi connectivity index (χ0v) is 20.4. The van der Waals surface area contributed by atoms with Crippen molar-refractivity contribution in [1.29, 1.82) is 0 Å². The predicted molar refractivity (Wildman–Crippen MR) is 131 cm³/mol. The van der Waals surface area contributed by atoms with Gasteiger partial charge in [-0.15, -0.1) is 0 Å². The summed E-state index contributed by atoms with van der Waals surface area (Å²) >= 11 is 0. The number of hydrogen-bond donors (Lipinski definition) is 4. The summed E-state index contributed by atoms with van der Waals surface area (Å²) in [6.07, 6.45) is -2.68.